The minimum Gasteiger partial charge on any atom is -0.544 e. The number of carboxylic acid groups (broad SMARTS) is 1. The molecule has 0 spiro atoms. The summed E-state index contributed by atoms with van der Waals surface area (Å²) in [6, 6.07) is 8.20. The van der Waals surface area contributed by atoms with Gasteiger partial charge in [-0.05, 0) is 23.8 Å². The maximum absolute atomic E-state index is 10.4. The van der Waals surface area contributed by atoms with Gasteiger partial charge in [-0.3, -0.25) is 0 Å². The Hall–Kier alpha value is -2.28. The second-order valence-corrected chi connectivity index (χ2v) is 2.73. The van der Waals surface area contributed by atoms with Crippen molar-refractivity contribution in [1.29, 1.82) is 5.26 Å². The van der Waals surface area contributed by atoms with E-state index in [0.717, 1.165) is 0 Å². The Balaban J connectivity index is 2.98. The molecule has 0 atom stereocenters. The van der Waals surface area contributed by atoms with Crippen LogP contribution < -0.4 is 9.84 Å². The zero-order valence-corrected chi connectivity index (χ0v) is 8.06. The molecule has 0 heterocycles. The van der Waals surface area contributed by atoms with E-state index in [2.05, 4.69) is 0 Å². The number of carbonyl (C=O) groups excluding carboxylic acids is 1. The van der Waals surface area contributed by atoms with Crippen LogP contribution in [-0.2, 0) is 4.79 Å². The van der Waals surface area contributed by atoms with Gasteiger partial charge in [0, 0.05) is 0 Å². The fourth-order valence-corrected chi connectivity index (χ4v) is 1.00. The molecule has 0 amide bonds. The molecule has 0 aliphatic heterocycles. The largest absolute Gasteiger partial charge is 0.544 e. The van der Waals surface area contributed by atoms with Gasteiger partial charge < -0.3 is 14.6 Å². The molecule has 4 nitrogen and oxygen atoms in total. The molecular weight excluding hydrogens is 194 g/mol. The van der Waals surface area contributed by atoms with Crippen molar-refractivity contribution >= 4 is 12.0 Å². The van der Waals surface area contributed by atoms with Gasteiger partial charge in [0.25, 0.3) is 0 Å². The minimum atomic E-state index is -1.48. The van der Waals surface area contributed by atoms with Crippen LogP contribution in [0, 0.1) is 11.3 Å². The van der Waals surface area contributed by atoms with Gasteiger partial charge in [0.2, 0.25) is 0 Å². The van der Waals surface area contributed by atoms with Gasteiger partial charge in [-0.1, -0.05) is 12.1 Å². The summed E-state index contributed by atoms with van der Waals surface area (Å²) in [6.07, 6.45) is 1.24. The van der Waals surface area contributed by atoms with Crippen LogP contribution in [0.15, 0.2) is 29.8 Å². The lowest BCUT2D eigenvalue weighted by Gasteiger charge is -2.01. The smallest absolute Gasteiger partial charge is 0.118 e. The third kappa shape index (κ3) is 2.85. The van der Waals surface area contributed by atoms with Crippen molar-refractivity contribution in [2.24, 2.45) is 0 Å². The van der Waals surface area contributed by atoms with Crippen molar-refractivity contribution in [3.05, 3.63) is 35.4 Å². The summed E-state index contributed by atoms with van der Waals surface area (Å²) >= 11 is 0. The van der Waals surface area contributed by atoms with Gasteiger partial charge >= 0.3 is 0 Å². The number of rotatable bonds is 3. The molecule has 0 saturated carbocycles. The van der Waals surface area contributed by atoms with Crippen LogP contribution in [0.2, 0.25) is 0 Å². The molecule has 0 aliphatic carbocycles. The lowest BCUT2D eigenvalue weighted by molar-refractivity contribution is -0.298. The zero-order valence-electron chi connectivity index (χ0n) is 8.06. The molecular formula is C11H8NO3-. The van der Waals surface area contributed by atoms with Gasteiger partial charge in [0.05, 0.1) is 18.7 Å². The second kappa shape index (κ2) is 4.82. The maximum Gasteiger partial charge on any atom is 0.118 e. The van der Waals surface area contributed by atoms with Crippen molar-refractivity contribution in [1.82, 2.24) is 0 Å². The third-order valence-electron chi connectivity index (χ3n) is 1.77. The first kappa shape index (κ1) is 10.8. The van der Waals surface area contributed by atoms with Gasteiger partial charge in [0.1, 0.15) is 11.8 Å². The van der Waals surface area contributed by atoms with E-state index in [1.807, 2.05) is 0 Å². The molecule has 1 aromatic carbocycles. The number of hydrogen-bond donors (Lipinski definition) is 0. The fraction of sp³-hybridized carbons (Fsp3) is 0.0909. The lowest BCUT2D eigenvalue weighted by atomic mass is 10.1. The van der Waals surface area contributed by atoms with E-state index in [0.29, 0.717) is 11.3 Å². The van der Waals surface area contributed by atoms with E-state index < -0.39 is 11.5 Å². The zero-order chi connectivity index (χ0) is 11.3. The normalized spacial score (nSPS) is 10.5. The number of methoxy groups -OCH3 is 1. The Morgan fingerprint density at radius 2 is 2.07 bits per heavy atom. The average molecular weight is 202 g/mol. The number of aliphatic carboxylic acids is 1. The van der Waals surface area contributed by atoms with E-state index in [9.17, 15) is 9.90 Å². The fourth-order valence-electron chi connectivity index (χ4n) is 1.00. The molecule has 76 valence electrons. The number of ether oxygens (including phenoxy) is 1. The number of carboxylic acids is 1. The monoisotopic (exact) mass is 202 g/mol. The van der Waals surface area contributed by atoms with Crippen LogP contribution in [0.25, 0.3) is 6.08 Å². The molecule has 0 saturated heterocycles. The Bertz CT molecular complexity index is 426. The van der Waals surface area contributed by atoms with E-state index >= 15 is 0 Å². The Labute approximate surface area is 87.0 Å². The predicted octanol–water partition coefficient (Wildman–Crippen LogP) is 0.352. The quantitative estimate of drug-likeness (QED) is 0.523. The Kier molecular flexibility index (Phi) is 3.47. The van der Waals surface area contributed by atoms with Gasteiger partial charge in [-0.15, -0.1) is 0 Å². The summed E-state index contributed by atoms with van der Waals surface area (Å²) in [5.74, 6) is -0.813. The van der Waals surface area contributed by atoms with Crippen LogP contribution in [0.1, 0.15) is 5.56 Å². The van der Waals surface area contributed by atoms with Crippen molar-refractivity contribution in [3.63, 3.8) is 0 Å². The first-order valence-corrected chi connectivity index (χ1v) is 4.14. The van der Waals surface area contributed by atoms with Crippen LogP contribution in [0.3, 0.4) is 0 Å². The summed E-state index contributed by atoms with van der Waals surface area (Å²) in [5, 5.41) is 18.9. The van der Waals surface area contributed by atoms with E-state index in [1.165, 1.54) is 13.2 Å². The standard InChI is InChI=1S/C11H9NO3/c1-15-10-4-2-8(3-5-10)6-9(7-12)11(13)14/h2-6H,1H3,(H,13,14)/p-1/b9-6-. The Morgan fingerprint density at radius 3 is 2.47 bits per heavy atom. The summed E-state index contributed by atoms with van der Waals surface area (Å²) in [7, 11) is 1.53. The molecule has 1 rings (SSSR count). The minimum absolute atomic E-state index is 0.403. The summed E-state index contributed by atoms with van der Waals surface area (Å²) in [5.41, 5.74) is 0.205. The van der Waals surface area contributed by atoms with E-state index in [1.54, 1.807) is 30.3 Å². The maximum atomic E-state index is 10.4. The lowest BCUT2D eigenvalue weighted by Crippen LogP contribution is -2.23. The molecule has 4 heteroatoms. The molecule has 0 aromatic heterocycles. The van der Waals surface area contributed by atoms with Gasteiger partial charge in [-0.2, -0.15) is 5.26 Å². The number of benzene rings is 1. The van der Waals surface area contributed by atoms with Crippen molar-refractivity contribution in [3.8, 4) is 11.8 Å². The molecule has 0 N–H and O–H groups in total. The van der Waals surface area contributed by atoms with Crippen molar-refractivity contribution < 1.29 is 14.6 Å². The topological polar surface area (TPSA) is 73.1 Å². The van der Waals surface area contributed by atoms with Crippen molar-refractivity contribution in [2.75, 3.05) is 7.11 Å². The SMILES string of the molecule is COc1ccc(/C=C(/C#N)C(=O)[O-])cc1. The molecule has 0 unspecified atom stereocenters. The first-order valence-electron chi connectivity index (χ1n) is 4.14. The molecule has 15 heavy (non-hydrogen) atoms. The number of carbonyl (C=O) groups is 1. The van der Waals surface area contributed by atoms with E-state index in [-0.39, 0.29) is 0 Å². The van der Waals surface area contributed by atoms with Crippen LogP contribution in [0.5, 0.6) is 5.75 Å². The first-order chi connectivity index (χ1) is 7.17. The molecule has 0 fully saturated rings. The average Bonchev–Trinajstić information content (AvgIpc) is 2.26. The summed E-state index contributed by atoms with van der Waals surface area (Å²) in [4.78, 5) is 10.4. The molecule has 0 radical (unpaired) electrons. The number of nitriles is 1. The van der Waals surface area contributed by atoms with E-state index in [4.69, 9.17) is 10.00 Å². The number of hydrogen-bond acceptors (Lipinski definition) is 4. The highest BCUT2D eigenvalue weighted by atomic mass is 16.5. The molecule has 1 aromatic rings. The summed E-state index contributed by atoms with van der Waals surface area (Å²) < 4.78 is 4.93. The molecule has 0 aliphatic rings. The van der Waals surface area contributed by atoms with Gasteiger partial charge in [-0.25, -0.2) is 0 Å². The molecule has 0 bridgehead atoms. The highest BCUT2D eigenvalue weighted by Crippen LogP contribution is 2.13. The summed E-state index contributed by atoms with van der Waals surface area (Å²) in [6.45, 7) is 0. The third-order valence-corrected chi connectivity index (χ3v) is 1.77. The van der Waals surface area contributed by atoms with Crippen LogP contribution in [0.4, 0.5) is 0 Å². The van der Waals surface area contributed by atoms with Gasteiger partial charge in [0.15, 0.2) is 0 Å². The Morgan fingerprint density at radius 1 is 1.47 bits per heavy atom. The van der Waals surface area contributed by atoms with Crippen LogP contribution >= 0.6 is 0 Å². The number of nitrogens with zero attached hydrogens (tertiary/aromatic N) is 1. The predicted molar refractivity (Wildman–Crippen MR) is 51.6 cm³/mol. The van der Waals surface area contributed by atoms with Crippen LogP contribution in [-0.4, -0.2) is 13.1 Å². The highest BCUT2D eigenvalue weighted by Gasteiger charge is 1.97. The van der Waals surface area contributed by atoms with Crippen molar-refractivity contribution in [2.45, 2.75) is 0 Å². The second-order valence-electron chi connectivity index (χ2n) is 2.73. The highest BCUT2D eigenvalue weighted by molar-refractivity contribution is 5.95.